The highest BCUT2D eigenvalue weighted by atomic mass is 16.5. The van der Waals surface area contributed by atoms with Gasteiger partial charge in [0.15, 0.2) is 0 Å². The third-order valence-corrected chi connectivity index (χ3v) is 3.42. The van der Waals surface area contributed by atoms with Crippen LogP contribution in [0.15, 0.2) is 35.0 Å². The van der Waals surface area contributed by atoms with E-state index in [-0.39, 0.29) is 5.60 Å². The molecule has 1 aromatic heterocycles. The zero-order valence-corrected chi connectivity index (χ0v) is 9.64. The van der Waals surface area contributed by atoms with Crippen molar-refractivity contribution in [3.8, 4) is 11.1 Å². The Bertz CT molecular complexity index is 527. The number of methoxy groups -OCH3 is 1. The highest BCUT2D eigenvalue weighted by Crippen LogP contribution is 2.48. The largest absolute Gasteiger partial charge is 0.374 e. The summed E-state index contributed by atoms with van der Waals surface area (Å²) in [6, 6.07) is 8.21. The fraction of sp³-hybridized carbons (Fsp3) is 0.308. The van der Waals surface area contributed by atoms with Crippen LogP contribution in [0.25, 0.3) is 11.1 Å². The van der Waals surface area contributed by atoms with Gasteiger partial charge >= 0.3 is 0 Å². The first-order chi connectivity index (χ1) is 8.25. The quantitative estimate of drug-likeness (QED) is 0.880. The molecule has 0 spiro atoms. The van der Waals surface area contributed by atoms with E-state index in [9.17, 15) is 0 Å². The van der Waals surface area contributed by atoms with Crippen LogP contribution in [0.4, 0.5) is 5.88 Å². The second-order valence-corrected chi connectivity index (χ2v) is 4.38. The molecule has 0 aliphatic heterocycles. The van der Waals surface area contributed by atoms with E-state index in [2.05, 4.69) is 17.3 Å². The van der Waals surface area contributed by atoms with Crippen molar-refractivity contribution in [3.63, 3.8) is 0 Å². The zero-order chi connectivity index (χ0) is 11.9. The van der Waals surface area contributed by atoms with E-state index in [1.54, 1.807) is 13.3 Å². The molecular formula is C13H14N2O2. The first-order valence-electron chi connectivity index (χ1n) is 5.61. The van der Waals surface area contributed by atoms with Crippen LogP contribution in [0, 0.1) is 0 Å². The van der Waals surface area contributed by atoms with Gasteiger partial charge in [-0.2, -0.15) is 0 Å². The molecule has 88 valence electrons. The molecule has 1 fully saturated rings. The molecule has 0 atom stereocenters. The van der Waals surface area contributed by atoms with Gasteiger partial charge in [-0.25, -0.2) is 0 Å². The molecule has 1 aromatic carbocycles. The summed E-state index contributed by atoms with van der Waals surface area (Å²) in [5.41, 5.74) is 8.70. The SMILES string of the molecule is COC1(c2ccc(-c3cnoc3N)cc2)CC1. The molecule has 3 rings (SSSR count). The average molecular weight is 230 g/mol. The van der Waals surface area contributed by atoms with Crippen molar-refractivity contribution in [3.05, 3.63) is 36.0 Å². The Morgan fingerprint density at radius 1 is 1.29 bits per heavy atom. The molecule has 0 saturated heterocycles. The first kappa shape index (κ1) is 10.4. The number of hydrogen-bond acceptors (Lipinski definition) is 4. The van der Waals surface area contributed by atoms with Crippen molar-refractivity contribution >= 4 is 5.88 Å². The molecule has 0 amide bonds. The number of aromatic nitrogens is 1. The molecule has 2 N–H and O–H groups in total. The van der Waals surface area contributed by atoms with E-state index in [0.717, 1.165) is 24.0 Å². The van der Waals surface area contributed by atoms with Crippen LogP contribution >= 0.6 is 0 Å². The lowest BCUT2D eigenvalue weighted by molar-refractivity contribution is 0.0789. The smallest absolute Gasteiger partial charge is 0.229 e. The summed E-state index contributed by atoms with van der Waals surface area (Å²) in [5.74, 6) is 0.352. The third kappa shape index (κ3) is 1.61. The van der Waals surface area contributed by atoms with Crippen molar-refractivity contribution in [2.75, 3.05) is 12.8 Å². The third-order valence-electron chi connectivity index (χ3n) is 3.42. The van der Waals surface area contributed by atoms with E-state index in [1.165, 1.54) is 5.56 Å². The van der Waals surface area contributed by atoms with Gasteiger partial charge in [0.1, 0.15) is 0 Å². The van der Waals surface area contributed by atoms with Gasteiger partial charge in [-0.05, 0) is 24.0 Å². The molecular weight excluding hydrogens is 216 g/mol. The Hall–Kier alpha value is -1.81. The van der Waals surface area contributed by atoms with Crippen LogP contribution in [-0.2, 0) is 10.3 Å². The van der Waals surface area contributed by atoms with Gasteiger partial charge in [0.2, 0.25) is 5.88 Å². The monoisotopic (exact) mass is 230 g/mol. The van der Waals surface area contributed by atoms with Crippen LogP contribution in [0.1, 0.15) is 18.4 Å². The number of rotatable bonds is 3. The van der Waals surface area contributed by atoms with E-state index < -0.39 is 0 Å². The summed E-state index contributed by atoms with van der Waals surface area (Å²) in [6.07, 6.45) is 3.82. The molecule has 4 nitrogen and oxygen atoms in total. The fourth-order valence-electron chi connectivity index (χ4n) is 2.14. The van der Waals surface area contributed by atoms with Crippen molar-refractivity contribution in [2.24, 2.45) is 0 Å². The summed E-state index contributed by atoms with van der Waals surface area (Å²) in [5, 5.41) is 3.67. The van der Waals surface area contributed by atoms with Gasteiger partial charge in [0, 0.05) is 7.11 Å². The maximum Gasteiger partial charge on any atom is 0.229 e. The average Bonchev–Trinajstić information content (AvgIpc) is 3.06. The Morgan fingerprint density at radius 3 is 2.47 bits per heavy atom. The van der Waals surface area contributed by atoms with Crippen LogP contribution < -0.4 is 5.73 Å². The van der Waals surface area contributed by atoms with Gasteiger partial charge in [-0.3, -0.25) is 0 Å². The maximum atomic E-state index is 5.68. The Morgan fingerprint density at radius 2 is 2.00 bits per heavy atom. The van der Waals surface area contributed by atoms with E-state index in [4.69, 9.17) is 15.0 Å². The second-order valence-electron chi connectivity index (χ2n) is 4.38. The molecule has 4 heteroatoms. The number of nitrogen functional groups attached to an aromatic ring is 1. The molecule has 0 unspecified atom stereocenters. The Balaban J connectivity index is 1.93. The van der Waals surface area contributed by atoms with Crippen molar-refractivity contribution < 1.29 is 9.26 Å². The fourth-order valence-corrected chi connectivity index (χ4v) is 2.14. The number of benzene rings is 1. The maximum absolute atomic E-state index is 5.68. The summed E-state index contributed by atoms with van der Waals surface area (Å²) in [6.45, 7) is 0. The van der Waals surface area contributed by atoms with Crippen LogP contribution in [-0.4, -0.2) is 12.3 Å². The number of ether oxygens (including phenoxy) is 1. The second kappa shape index (κ2) is 3.60. The summed E-state index contributed by atoms with van der Waals surface area (Å²) < 4.78 is 10.4. The van der Waals surface area contributed by atoms with Gasteiger partial charge in [0.05, 0.1) is 17.4 Å². The molecule has 17 heavy (non-hydrogen) atoms. The lowest BCUT2D eigenvalue weighted by atomic mass is 10.0. The molecule has 1 aliphatic carbocycles. The topological polar surface area (TPSA) is 61.3 Å². The van der Waals surface area contributed by atoms with Crippen LogP contribution in [0.3, 0.4) is 0 Å². The zero-order valence-electron chi connectivity index (χ0n) is 9.64. The lowest BCUT2D eigenvalue weighted by Gasteiger charge is -2.13. The van der Waals surface area contributed by atoms with E-state index in [0.29, 0.717) is 5.88 Å². The summed E-state index contributed by atoms with van der Waals surface area (Å²) >= 11 is 0. The van der Waals surface area contributed by atoms with E-state index >= 15 is 0 Å². The number of hydrogen-bond donors (Lipinski definition) is 1. The Labute approximate surface area is 99.4 Å². The van der Waals surface area contributed by atoms with E-state index in [1.807, 2.05) is 12.1 Å². The first-order valence-corrected chi connectivity index (χ1v) is 5.61. The predicted molar refractivity (Wildman–Crippen MR) is 64.3 cm³/mol. The molecule has 0 radical (unpaired) electrons. The minimum atomic E-state index is -0.0429. The number of nitrogens with two attached hydrogens (primary N) is 1. The van der Waals surface area contributed by atoms with Gasteiger partial charge in [-0.15, -0.1) is 0 Å². The highest BCUT2D eigenvalue weighted by Gasteiger charge is 2.44. The summed E-state index contributed by atoms with van der Waals surface area (Å²) in [7, 11) is 1.76. The molecule has 1 aliphatic rings. The van der Waals surface area contributed by atoms with Gasteiger partial charge in [-0.1, -0.05) is 29.4 Å². The molecule has 0 bridgehead atoms. The normalized spacial score (nSPS) is 17.0. The standard InChI is InChI=1S/C13H14N2O2/c1-16-13(6-7-13)10-4-2-9(3-5-10)11-8-15-17-12(11)14/h2-5,8H,6-7,14H2,1H3. The highest BCUT2D eigenvalue weighted by molar-refractivity contribution is 5.71. The molecule has 1 heterocycles. The van der Waals surface area contributed by atoms with Crippen LogP contribution in [0.5, 0.6) is 0 Å². The van der Waals surface area contributed by atoms with Crippen LogP contribution in [0.2, 0.25) is 0 Å². The van der Waals surface area contributed by atoms with Crippen molar-refractivity contribution in [1.82, 2.24) is 5.16 Å². The van der Waals surface area contributed by atoms with Gasteiger partial charge in [0.25, 0.3) is 0 Å². The number of anilines is 1. The molecule has 2 aromatic rings. The lowest BCUT2D eigenvalue weighted by Crippen LogP contribution is -2.08. The predicted octanol–water partition coefficient (Wildman–Crippen LogP) is 2.56. The minimum Gasteiger partial charge on any atom is -0.374 e. The van der Waals surface area contributed by atoms with Crippen molar-refractivity contribution in [1.29, 1.82) is 0 Å². The van der Waals surface area contributed by atoms with Gasteiger partial charge < -0.3 is 15.0 Å². The number of nitrogens with zero attached hydrogens (tertiary/aromatic N) is 1. The minimum absolute atomic E-state index is 0.0429. The Kier molecular flexibility index (Phi) is 2.19. The summed E-state index contributed by atoms with van der Waals surface area (Å²) in [4.78, 5) is 0. The van der Waals surface area contributed by atoms with Crippen molar-refractivity contribution in [2.45, 2.75) is 18.4 Å². The molecule has 1 saturated carbocycles.